The molecular weight excluding hydrogens is 214 g/mol. The van der Waals surface area contributed by atoms with Crippen LogP contribution in [0, 0.1) is 17.2 Å². The number of carbonyl (C=O) groups is 1. The maximum Gasteiger partial charge on any atom is 0.223 e. The van der Waals surface area contributed by atoms with Crippen molar-refractivity contribution in [2.24, 2.45) is 5.92 Å². The molecule has 0 atom stereocenters. The lowest BCUT2D eigenvalue weighted by Crippen LogP contribution is -2.33. The van der Waals surface area contributed by atoms with Crippen LogP contribution in [0.2, 0.25) is 0 Å². The maximum atomic E-state index is 11.8. The molecule has 4 heteroatoms. The Morgan fingerprint density at radius 3 is 2.65 bits per heavy atom. The van der Waals surface area contributed by atoms with Crippen molar-refractivity contribution in [1.29, 1.82) is 5.26 Å². The van der Waals surface area contributed by atoms with Gasteiger partial charge in [-0.2, -0.15) is 5.26 Å². The molecule has 0 unspecified atom stereocenters. The number of hydrogen-bond donors (Lipinski definition) is 0. The smallest absolute Gasteiger partial charge is 0.223 e. The average molecular weight is 237 g/mol. The van der Waals surface area contributed by atoms with Crippen LogP contribution in [0.1, 0.15) is 32.6 Å². The Morgan fingerprint density at radius 2 is 2.12 bits per heavy atom. The summed E-state index contributed by atoms with van der Waals surface area (Å²) in [6.45, 7) is 5.70. The lowest BCUT2D eigenvalue weighted by molar-refractivity contribution is -0.130. The molecule has 1 aliphatic rings. The normalized spacial score (nSPS) is 14.7. The number of rotatable bonds is 8. The monoisotopic (exact) mass is 237 g/mol. The molecule has 0 bridgehead atoms. The van der Waals surface area contributed by atoms with E-state index in [9.17, 15) is 4.79 Å². The number of carbonyl (C=O) groups excluding carboxylic acids is 1. The fraction of sp³-hybridized carbons (Fsp3) is 0.846. The van der Waals surface area contributed by atoms with E-state index in [0.29, 0.717) is 19.4 Å². The van der Waals surface area contributed by atoms with Crippen LogP contribution in [0.15, 0.2) is 0 Å². The molecule has 0 heterocycles. The molecule has 0 N–H and O–H groups in total. The summed E-state index contributed by atoms with van der Waals surface area (Å²) in [7, 11) is 1.77. The molecule has 0 aromatic heterocycles. The van der Waals surface area contributed by atoms with Crippen molar-refractivity contribution in [2.45, 2.75) is 32.6 Å². The molecule has 4 nitrogen and oxygen atoms in total. The topological polar surface area (TPSA) is 47.3 Å². The fourth-order valence-corrected chi connectivity index (χ4v) is 1.83. The molecule has 1 saturated carbocycles. The van der Waals surface area contributed by atoms with Gasteiger partial charge in [0.05, 0.1) is 12.5 Å². The second-order valence-electron chi connectivity index (χ2n) is 4.81. The lowest BCUT2D eigenvalue weighted by Gasteiger charge is -2.22. The number of amides is 1. The van der Waals surface area contributed by atoms with E-state index in [2.05, 4.69) is 17.9 Å². The maximum absolute atomic E-state index is 11.8. The minimum Gasteiger partial charge on any atom is -0.345 e. The fourth-order valence-electron chi connectivity index (χ4n) is 1.83. The zero-order valence-corrected chi connectivity index (χ0v) is 11.0. The first-order valence-electron chi connectivity index (χ1n) is 6.50. The second kappa shape index (κ2) is 7.29. The van der Waals surface area contributed by atoms with E-state index in [-0.39, 0.29) is 5.91 Å². The minimum absolute atomic E-state index is 0.148. The highest BCUT2D eigenvalue weighted by Gasteiger charge is 2.23. The summed E-state index contributed by atoms with van der Waals surface area (Å²) < 4.78 is 0. The Balaban J connectivity index is 2.18. The molecule has 96 valence electrons. The molecular formula is C13H23N3O. The van der Waals surface area contributed by atoms with Crippen LogP contribution in [-0.4, -0.2) is 48.9 Å². The van der Waals surface area contributed by atoms with Crippen LogP contribution >= 0.6 is 0 Å². The first-order valence-corrected chi connectivity index (χ1v) is 6.50. The summed E-state index contributed by atoms with van der Waals surface area (Å²) in [5.41, 5.74) is 0. The van der Waals surface area contributed by atoms with Crippen LogP contribution in [0.25, 0.3) is 0 Å². The van der Waals surface area contributed by atoms with Crippen LogP contribution in [-0.2, 0) is 4.79 Å². The highest BCUT2D eigenvalue weighted by Crippen LogP contribution is 2.29. The second-order valence-corrected chi connectivity index (χ2v) is 4.81. The Kier molecular flexibility index (Phi) is 5.99. The molecule has 1 fully saturated rings. The van der Waals surface area contributed by atoms with Gasteiger partial charge in [0, 0.05) is 33.1 Å². The third-order valence-corrected chi connectivity index (χ3v) is 3.29. The molecule has 0 spiro atoms. The van der Waals surface area contributed by atoms with E-state index in [4.69, 9.17) is 5.26 Å². The van der Waals surface area contributed by atoms with E-state index in [1.807, 2.05) is 0 Å². The Hall–Kier alpha value is -1.08. The molecule has 0 aromatic carbocycles. The summed E-state index contributed by atoms with van der Waals surface area (Å²) in [5.74, 6) is 1.02. The van der Waals surface area contributed by atoms with Crippen molar-refractivity contribution in [3.05, 3.63) is 0 Å². The summed E-state index contributed by atoms with van der Waals surface area (Å²) in [6.07, 6.45) is 3.70. The predicted molar refractivity (Wildman–Crippen MR) is 67.3 cm³/mol. The van der Waals surface area contributed by atoms with E-state index in [1.54, 1.807) is 11.9 Å². The highest BCUT2D eigenvalue weighted by molar-refractivity contribution is 5.76. The minimum atomic E-state index is 0.148. The van der Waals surface area contributed by atoms with Gasteiger partial charge in [-0.15, -0.1) is 0 Å². The third-order valence-electron chi connectivity index (χ3n) is 3.29. The molecule has 0 radical (unpaired) electrons. The molecule has 1 aliphatic carbocycles. The summed E-state index contributed by atoms with van der Waals surface area (Å²) in [4.78, 5) is 15.8. The van der Waals surface area contributed by atoms with Crippen LogP contribution in [0.4, 0.5) is 0 Å². The van der Waals surface area contributed by atoms with Gasteiger partial charge < -0.3 is 9.80 Å². The van der Waals surface area contributed by atoms with Gasteiger partial charge in [0.1, 0.15) is 0 Å². The zero-order chi connectivity index (χ0) is 12.7. The Morgan fingerprint density at radius 1 is 1.41 bits per heavy atom. The number of nitrogens with zero attached hydrogens (tertiary/aromatic N) is 3. The summed E-state index contributed by atoms with van der Waals surface area (Å²) in [5, 5.41) is 8.46. The highest BCUT2D eigenvalue weighted by atomic mass is 16.2. The molecule has 0 saturated heterocycles. The predicted octanol–water partition coefficient (Wildman–Crippen LogP) is 1.48. The van der Waals surface area contributed by atoms with E-state index >= 15 is 0 Å². The van der Waals surface area contributed by atoms with Crippen LogP contribution in [0.5, 0.6) is 0 Å². The summed E-state index contributed by atoms with van der Waals surface area (Å²) >= 11 is 0. The van der Waals surface area contributed by atoms with Crippen molar-refractivity contribution >= 4 is 5.91 Å². The average Bonchev–Trinajstić information content (AvgIpc) is 3.14. The van der Waals surface area contributed by atoms with Gasteiger partial charge in [0.25, 0.3) is 0 Å². The Labute approximate surface area is 104 Å². The van der Waals surface area contributed by atoms with E-state index in [1.165, 1.54) is 12.8 Å². The van der Waals surface area contributed by atoms with Crippen molar-refractivity contribution < 1.29 is 4.79 Å². The largest absolute Gasteiger partial charge is 0.345 e. The number of hydrogen-bond acceptors (Lipinski definition) is 3. The van der Waals surface area contributed by atoms with Gasteiger partial charge in [0.2, 0.25) is 5.91 Å². The molecule has 0 aliphatic heterocycles. The van der Waals surface area contributed by atoms with E-state index in [0.717, 1.165) is 25.6 Å². The quantitative estimate of drug-likeness (QED) is 0.642. The van der Waals surface area contributed by atoms with Gasteiger partial charge in [-0.25, -0.2) is 0 Å². The summed E-state index contributed by atoms with van der Waals surface area (Å²) in [6, 6.07) is 2.06. The van der Waals surface area contributed by atoms with Crippen molar-refractivity contribution in [1.82, 2.24) is 9.80 Å². The van der Waals surface area contributed by atoms with Crippen molar-refractivity contribution in [3.8, 4) is 6.07 Å². The zero-order valence-electron chi connectivity index (χ0n) is 11.0. The molecule has 1 amide bonds. The lowest BCUT2D eigenvalue weighted by atomic mass is 10.3. The van der Waals surface area contributed by atoms with Gasteiger partial charge in [-0.1, -0.05) is 6.92 Å². The first kappa shape index (κ1) is 14.0. The molecule has 17 heavy (non-hydrogen) atoms. The van der Waals surface area contributed by atoms with Gasteiger partial charge >= 0.3 is 0 Å². The van der Waals surface area contributed by atoms with Gasteiger partial charge in [0.15, 0.2) is 0 Å². The number of nitriles is 1. The van der Waals surface area contributed by atoms with Crippen molar-refractivity contribution in [2.75, 3.05) is 33.2 Å². The third kappa shape index (κ3) is 5.69. The Bertz CT molecular complexity index is 281. The van der Waals surface area contributed by atoms with Gasteiger partial charge in [-0.05, 0) is 25.3 Å². The van der Waals surface area contributed by atoms with Gasteiger partial charge in [-0.3, -0.25) is 4.79 Å². The van der Waals surface area contributed by atoms with Crippen LogP contribution < -0.4 is 0 Å². The first-order chi connectivity index (χ1) is 8.17. The van der Waals surface area contributed by atoms with Crippen LogP contribution in [0.3, 0.4) is 0 Å². The van der Waals surface area contributed by atoms with E-state index < -0.39 is 0 Å². The van der Waals surface area contributed by atoms with Crippen molar-refractivity contribution in [3.63, 3.8) is 0 Å². The molecule has 1 rings (SSSR count). The standard InChI is InChI=1S/C13H23N3O/c1-3-16(11-12-5-6-12)10-7-13(17)15(2)9-4-8-14/h12H,3-7,9-11H2,1-2H3. The SMILES string of the molecule is CCN(CCC(=O)N(C)CCC#N)CC1CC1. The molecule has 0 aromatic rings.